The monoisotopic (exact) mass is 443 g/mol. The number of rotatable bonds is 7. The third-order valence-corrected chi connectivity index (χ3v) is 5.55. The fraction of sp³-hybridized carbons (Fsp3) is 0.185. The van der Waals surface area contributed by atoms with E-state index in [1.807, 2.05) is 55.5 Å². The number of aliphatic hydroxyl groups is 1. The van der Waals surface area contributed by atoms with Crippen LogP contribution < -0.4 is 4.74 Å². The highest BCUT2D eigenvalue weighted by Crippen LogP contribution is 2.40. The molecule has 6 nitrogen and oxygen atoms in total. The van der Waals surface area contributed by atoms with Crippen LogP contribution in [0.3, 0.4) is 0 Å². The molecule has 0 radical (unpaired) electrons. The number of Topliss-reactive ketones (excluding diaryl/α,β-unsaturated/α-hetero) is 1. The van der Waals surface area contributed by atoms with Crippen LogP contribution in [0.2, 0.25) is 0 Å². The van der Waals surface area contributed by atoms with Gasteiger partial charge >= 0.3 is 0 Å². The highest BCUT2D eigenvalue weighted by atomic mass is 16.5. The van der Waals surface area contributed by atoms with Crippen molar-refractivity contribution in [3.63, 3.8) is 0 Å². The molecule has 3 aromatic rings. The highest BCUT2D eigenvalue weighted by molar-refractivity contribution is 6.46. The van der Waals surface area contributed by atoms with Crippen LogP contribution in [0.25, 0.3) is 5.76 Å². The van der Waals surface area contributed by atoms with Crippen molar-refractivity contribution in [2.45, 2.75) is 13.0 Å². The topological polar surface area (TPSA) is 76.1 Å². The van der Waals surface area contributed by atoms with Gasteiger partial charge in [0.15, 0.2) is 0 Å². The molecule has 0 unspecified atom stereocenters. The molecule has 0 spiro atoms. The summed E-state index contributed by atoms with van der Waals surface area (Å²) in [7, 11) is 1.53. The summed E-state index contributed by atoms with van der Waals surface area (Å²) >= 11 is 0. The molecule has 1 heterocycles. The van der Waals surface area contributed by atoms with Gasteiger partial charge in [0.1, 0.15) is 17.3 Å². The minimum Gasteiger partial charge on any atom is -0.507 e. The molecule has 33 heavy (non-hydrogen) atoms. The van der Waals surface area contributed by atoms with Crippen molar-refractivity contribution < 1.29 is 24.2 Å². The van der Waals surface area contributed by atoms with E-state index in [-0.39, 0.29) is 24.5 Å². The van der Waals surface area contributed by atoms with E-state index in [0.29, 0.717) is 22.6 Å². The smallest absolute Gasteiger partial charge is 0.295 e. The summed E-state index contributed by atoms with van der Waals surface area (Å²) < 4.78 is 11.1. The zero-order valence-electron chi connectivity index (χ0n) is 18.5. The average molecular weight is 443 g/mol. The minimum absolute atomic E-state index is 0.0526. The SMILES string of the molecule is COCCN1C(=O)C(=O)C(=C(O)c2ccc(C)cc2)[C@@H]1c1cccc(Oc2ccccc2)c1. The van der Waals surface area contributed by atoms with Crippen molar-refractivity contribution >= 4 is 17.4 Å². The number of ketones is 1. The van der Waals surface area contributed by atoms with Crippen molar-refractivity contribution in [3.05, 3.63) is 101 Å². The van der Waals surface area contributed by atoms with Crippen LogP contribution in [-0.4, -0.2) is 42.0 Å². The van der Waals surface area contributed by atoms with E-state index in [4.69, 9.17) is 9.47 Å². The van der Waals surface area contributed by atoms with Gasteiger partial charge in [0, 0.05) is 19.2 Å². The predicted molar refractivity (Wildman–Crippen MR) is 125 cm³/mol. The molecular weight excluding hydrogens is 418 g/mol. The molecule has 1 aliphatic rings. The molecule has 6 heteroatoms. The van der Waals surface area contributed by atoms with Crippen LogP contribution >= 0.6 is 0 Å². The van der Waals surface area contributed by atoms with Gasteiger partial charge in [0.25, 0.3) is 11.7 Å². The van der Waals surface area contributed by atoms with Crippen LogP contribution in [0.4, 0.5) is 0 Å². The standard InChI is InChI=1S/C27H25NO5/c1-18-11-13-19(14-12-18)25(29)23-24(28(15-16-32-2)27(31)26(23)30)20-7-6-10-22(17-20)33-21-8-4-3-5-9-21/h3-14,17,24,29H,15-16H2,1-2H3/t24-/m0/s1. The maximum absolute atomic E-state index is 13.0. The molecule has 1 atom stereocenters. The van der Waals surface area contributed by atoms with E-state index < -0.39 is 17.7 Å². The maximum atomic E-state index is 13.0. The average Bonchev–Trinajstić information content (AvgIpc) is 3.08. The van der Waals surface area contributed by atoms with Gasteiger partial charge in [0.2, 0.25) is 0 Å². The Morgan fingerprint density at radius 2 is 1.64 bits per heavy atom. The van der Waals surface area contributed by atoms with Gasteiger partial charge in [-0.25, -0.2) is 0 Å². The normalized spacial score (nSPS) is 17.4. The Morgan fingerprint density at radius 3 is 2.33 bits per heavy atom. The first-order valence-electron chi connectivity index (χ1n) is 10.7. The van der Waals surface area contributed by atoms with E-state index in [1.54, 1.807) is 30.3 Å². The minimum atomic E-state index is -0.763. The molecule has 0 saturated carbocycles. The second kappa shape index (κ2) is 9.71. The number of benzene rings is 3. The molecule has 3 aromatic carbocycles. The van der Waals surface area contributed by atoms with Crippen molar-refractivity contribution in [1.29, 1.82) is 0 Å². The first-order valence-corrected chi connectivity index (χ1v) is 10.7. The second-order valence-corrected chi connectivity index (χ2v) is 7.84. The highest BCUT2D eigenvalue weighted by Gasteiger charge is 2.46. The molecule has 1 saturated heterocycles. The number of hydrogen-bond acceptors (Lipinski definition) is 5. The lowest BCUT2D eigenvalue weighted by Crippen LogP contribution is -2.32. The van der Waals surface area contributed by atoms with E-state index in [2.05, 4.69) is 0 Å². The first kappa shape index (κ1) is 22.3. The van der Waals surface area contributed by atoms with Crippen LogP contribution in [-0.2, 0) is 14.3 Å². The summed E-state index contributed by atoms with van der Waals surface area (Å²) in [6, 6.07) is 22.9. The summed E-state index contributed by atoms with van der Waals surface area (Å²) in [5.41, 5.74) is 2.21. The summed E-state index contributed by atoms with van der Waals surface area (Å²) in [5.74, 6) is -0.356. The number of nitrogens with zero attached hydrogens (tertiary/aromatic N) is 1. The van der Waals surface area contributed by atoms with Crippen LogP contribution in [0.1, 0.15) is 22.7 Å². The van der Waals surface area contributed by atoms with Gasteiger partial charge in [-0.3, -0.25) is 9.59 Å². The zero-order valence-corrected chi connectivity index (χ0v) is 18.5. The molecule has 1 N–H and O–H groups in total. The number of likely N-dealkylation sites (tertiary alicyclic amines) is 1. The van der Waals surface area contributed by atoms with E-state index in [0.717, 1.165) is 5.56 Å². The lowest BCUT2D eigenvalue weighted by atomic mass is 9.95. The van der Waals surface area contributed by atoms with Crippen LogP contribution in [0, 0.1) is 6.92 Å². The lowest BCUT2D eigenvalue weighted by Gasteiger charge is -2.25. The van der Waals surface area contributed by atoms with Crippen LogP contribution in [0.5, 0.6) is 11.5 Å². The fourth-order valence-corrected chi connectivity index (χ4v) is 3.89. The third-order valence-electron chi connectivity index (χ3n) is 5.55. The summed E-state index contributed by atoms with van der Waals surface area (Å²) in [6.45, 7) is 2.40. The van der Waals surface area contributed by atoms with Crippen molar-refractivity contribution in [3.8, 4) is 11.5 Å². The van der Waals surface area contributed by atoms with Gasteiger partial charge < -0.3 is 19.5 Å². The molecule has 0 bridgehead atoms. The van der Waals surface area contributed by atoms with Crippen molar-refractivity contribution in [1.82, 2.24) is 4.90 Å². The number of amides is 1. The molecule has 0 aliphatic carbocycles. The fourth-order valence-electron chi connectivity index (χ4n) is 3.89. The number of hydrogen-bond donors (Lipinski definition) is 1. The van der Waals surface area contributed by atoms with Gasteiger partial charge in [0.05, 0.1) is 18.2 Å². The van der Waals surface area contributed by atoms with E-state index in [1.165, 1.54) is 12.0 Å². The van der Waals surface area contributed by atoms with Gasteiger partial charge in [-0.2, -0.15) is 0 Å². The van der Waals surface area contributed by atoms with Crippen LogP contribution in [0.15, 0.2) is 84.4 Å². The van der Waals surface area contributed by atoms with Gasteiger partial charge in [-0.1, -0.05) is 60.2 Å². The summed E-state index contributed by atoms with van der Waals surface area (Å²) in [4.78, 5) is 27.4. The maximum Gasteiger partial charge on any atom is 0.295 e. The molecule has 4 rings (SSSR count). The number of carbonyl (C=O) groups excluding carboxylic acids is 2. The first-order chi connectivity index (χ1) is 16.0. The lowest BCUT2D eigenvalue weighted by molar-refractivity contribution is -0.140. The molecule has 168 valence electrons. The Morgan fingerprint density at radius 1 is 0.939 bits per heavy atom. The molecular formula is C27H25NO5. The second-order valence-electron chi connectivity index (χ2n) is 7.84. The molecule has 1 aliphatic heterocycles. The number of aryl methyl sites for hydroxylation is 1. The largest absolute Gasteiger partial charge is 0.507 e. The summed E-state index contributed by atoms with van der Waals surface area (Å²) in [5, 5.41) is 11.1. The molecule has 0 aromatic heterocycles. The Labute approximate surface area is 192 Å². The Balaban J connectivity index is 1.79. The number of methoxy groups -OCH3 is 1. The third kappa shape index (κ3) is 4.66. The Hall–Kier alpha value is -3.90. The van der Waals surface area contributed by atoms with Gasteiger partial charge in [-0.05, 0) is 36.8 Å². The Kier molecular flexibility index (Phi) is 6.56. The van der Waals surface area contributed by atoms with E-state index >= 15 is 0 Å². The van der Waals surface area contributed by atoms with Gasteiger partial charge in [-0.15, -0.1) is 0 Å². The number of ether oxygens (including phenoxy) is 2. The van der Waals surface area contributed by atoms with E-state index in [9.17, 15) is 14.7 Å². The molecule has 1 fully saturated rings. The zero-order chi connectivity index (χ0) is 23.4. The predicted octanol–water partition coefficient (Wildman–Crippen LogP) is 4.86. The molecule has 1 amide bonds. The number of carbonyl (C=O) groups is 2. The number of para-hydroxylation sites is 1. The quantitative estimate of drug-likeness (QED) is 0.321. The number of aliphatic hydroxyl groups excluding tert-OH is 1. The summed E-state index contributed by atoms with van der Waals surface area (Å²) in [6.07, 6.45) is 0. The van der Waals surface area contributed by atoms with Crippen molar-refractivity contribution in [2.24, 2.45) is 0 Å². The Bertz CT molecular complexity index is 1180. The van der Waals surface area contributed by atoms with Crippen molar-refractivity contribution in [2.75, 3.05) is 20.3 Å².